The highest BCUT2D eigenvalue weighted by molar-refractivity contribution is 6.13. The number of carbonyl (C=O) groups excluding carboxylic acids is 2. The van der Waals surface area contributed by atoms with Crippen LogP contribution in [0.5, 0.6) is 0 Å². The summed E-state index contributed by atoms with van der Waals surface area (Å²) in [4.78, 5) is 29.6. The highest BCUT2D eigenvalue weighted by Gasteiger charge is 2.33. The van der Waals surface area contributed by atoms with Gasteiger partial charge < -0.3 is 15.6 Å². The van der Waals surface area contributed by atoms with Crippen LogP contribution in [0.2, 0.25) is 0 Å². The van der Waals surface area contributed by atoms with Crippen LogP contribution >= 0.6 is 0 Å². The summed E-state index contributed by atoms with van der Waals surface area (Å²) in [5.74, 6) is -0.881. The molecule has 1 aliphatic heterocycles. The lowest BCUT2D eigenvalue weighted by molar-refractivity contribution is -0.114. The maximum atomic E-state index is 13.7. The van der Waals surface area contributed by atoms with Crippen molar-refractivity contribution in [3.8, 4) is 11.1 Å². The lowest BCUT2D eigenvalue weighted by Crippen LogP contribution is -2.27. The number of anilines is 1. The highest BCUT2D eigenvalue weighted by Crippen LogP contribution is 2.39. The number of hydrogen-bond acceptors (Lipinski definition) is 2. The van der Waals surface area contributed by atoms with E-state index in [2.05, 4.69) is 4.98 Å². The number of allylic oxidation sites excluding steroid dienone is 1. The Morgan fingerprint density at radius 3 is 2.77 bits per heavy atom. The molecule has 0 radical (unpaired) electrons. The Morgan fingerprint density at radius 2 is 1.97 bits per heavy atom. The zero-order valence-corrected chi connectivity index (χ0v) is 16.5. The molecule has 150 valence electrons. The normalized spacial score (nSPS) is 16.3. The van der Waals surface area contributed by atoms with Crippen LogP contribution in [0.15, 0.2) is 65.6 Å². The fourth-order valence-corrected chi connectivity index (χ4v) is 4.52. The van der Waals surface area contributed by atoms with Gasteiger partial charge in [0.1, 0.15) is 5.83 Å². The molecule has 0 atom stereocenters. The average molecular weight is 401 g/mol. The number of amides is 2. The Bertz CT molecular complexity index is 1300. The molecule has 0 spiro atoms. The molecule has 2 heterocycles. The number of hydrogen-bond donors (Lipinski definition) is 2. The van der Waals surface area contributed by atoms with Crippen molar-refractivity contribution >= 4 is 28.4 Å². The Balaban J connectivity index is 1.60. The van der Waals surface area contributed by atoms with Crippen LogP contribution < -0.4 is 10.6 Å². The van der Waals surface area contributed by atoms with Crippen molar-refractivity contribution in [3.05, 3.63) is 76.8 Å². The summed E-state index contributed by atoms with van der Waals surface area (Å²) in [6.45, 7) is 2.47. The number of nitrogens with zero attached hydrogens (tertiary/aromatic N) is 1. The molecular weight excluding hydrogens is 381 g/mol. The topological polar surface area (TPSA) is 79.2 Å². The molecule has 6 heteroatoms. The lowest BCUT2D eigenvalue weighted by Gasteiger charge is -2.21. The van der Waals surface area contributed by atoms with Crippen molar-refractivity contribution in [1.82, 2.24) is 4.98 Å². The first-order valence-corrected chi connectivity index (χ1v) is 9.85. The van der Waals surface area contributed by atoms with Crippen LogP contribution in [0.4, 0.5) is 10.1 Å². The summed E-state index contributed by atoms with van der Waals surface area (Å²) in [5.41, 5.74) is 11.8. The summed E-state index contributed by atoms with van der Waals surface area (Å²) < 4.78 is 13.7. The predicted molar refractivity (Wildman–Crippen MR) is 115 cm³/mol. The fourth-order valence-electron chi connectivity index (χ4n) is 4.52. The van der Waals surface area contributed by atoms with E-state index in [9.17, 15) is 14.0 Å². The van der Waals surface area contributed by atoms with Gasteiger partial charge >= 0.3 is 0 Å². The summed E-state index contributed by atoms with van der Waals surface area (Å²) in [5, 5.41) is 0.890. The van der Waals surface area contributed by atoms with E-state index in [1.807, 2.05) is 37.3 Å². The minimum absolute atomic E-state index is 0.157. The molecule has 0 saturated heterocycles. The van der Waals surface area contributed by atoms with Crippen LogP contribution in [-0.4, -0.2) is 23.3 Å². The first kappa shape index (κ1) is 18.4. The number of aromatic nitrogens is 1. The highest BCUT2D eigenvalue weighted by atomic mass is 19.1. The van der Waals surface area contributed by atoms with E-state index in [1.165, 1.54) is 6.08 Å². The summed E-state index contributed by atoms with van der Waals surface area (Å²) in [6.07, 6.45) is 4.10. The molecule has 30 heavy (non-hydrogen) atoms. The molecule has 5 nitrogen and oxygen atoms in total. The predicted octanol–water partition coefficient (Wildman–Crippen LogP) is 4.53. The number of aromatic amines is 1. The van der Waals surface area contributed by atoms with Crippen molar-refractivity contribution in [1.29, 1.82) is 0 Å². The van der Waals surface area contributed by atoms with Gasteiger partial charge in [-0.1, -0.05) is 18.2 Å². The molecule has 0 saturated carbocycles. The molecule has 2 aromatic carbocycles. The van der Waals surface area contributed by atoms with E-state index in [0.717, 1.165) is 33.3 Å². The molecule has 5 rings (SSSR count). The molecular formula is C24H20FN3O2. The Morgan fingerprint density at radius 1 is 1.13 bits per heavy atom. The second kappa shape index (κ2) is 6.69. The number of halogens is 1. The van der Waals surface area contributed by atoms with E-state index in [1.54, 1.807) is 17.2 Å². The number of carbonyl (C=O) groups is 2. The maximum Gasteiger partial charge on any atom is 0.258 e. The first-order chi connectivity index (χ1) is 14.5. The molecule has 0 bridgehead atoms. The van der Waals surface area contributed by atoms with E-state index in [0.29, 0.717) is 36.0 Å². The van der Waals surface area contributed by atoms with Crippen LogP contribution in [0.25, 0.3) is 22.0 Å². The molecule has 2 amide bonds. The van der Waals surface area contributed by atoms with Crippen LogP contribution in [0, 0.1) is 6.92 Å². The first-order valence-electron chi connectivity index (χ1n) is 9.85. The van der Waals surface area contributed by atoms with Gasteiger partial charge in [0.2, 0.25) is 0 Å². The minimum atomic E-state index is -0.487. The number of H-pyrrole nitrogens is 1. The molecule has 0 fully saturated rings. The second-order valence-corrected chi connectivity index (χ2v) is 7.74. The zero-order valence-electron chi connectivity index (χ0n) is 16.5. The Hall–Kier alpha value is -3.67. The van der Waals surface area contributed by atoms with Crippen LogP contribution in [-0.2, 0) is 4.79 Å². The van der Waals surface area contributed by atoms with Gasteiger partial charge in [0.15, 0.2) is 0 Å². The number of nitrogens with one attached hydrogen (secondary N) is 1. The number of primary amides is 1. The zero-order chi connectivity index (χ0) is 21.0. The molecule has 3 N–H and O–H groups in total. The van der Waals surface area contributed by atoms with Gasteiger partial charge in [-0.2, -0.15) is 0 Å². The quantitative estimate of drug-likeness (QED) is 0.676. The number of benzene rings is 2. The van der Waals surface area contributed by atoms with E-state index >= 15 is 0 Å². The second-order valence-electron chi connectivity index (χ2n) is 7.74. The van der Waals surface area contributed by atoms with Crippen molar-refractivity contribution < 1.29 is 14.0 Å². The SMILES string of the molecule is Cc1c(-c2ccc(C(N)=O)c3[nH]ccc23)cccc1N1CC2=C(C=C(F)CC2)C1=O. The molecule has 3 aromatic rings. The number of nitrogens with two attached hydrogens (primary N) is 1. The van der Waals surface area contributed by atoms with Crippen molar-refractivity contribution in [2.75, 3.05) is 11.4 Å². The summed E-state index contributed by atoms with van der Waals surface area (Å²) in [6, 6.07) is 11.4. The average Bonchev–Trinajstić information content (AvgIpc) is 3.33. The summed E-state index contributed by atoms with van der Waals surface area (Å²) in [7, 11) is 0. The largest absolute Gasteiger partial charge is 0.366 e. The maximum absolute atomic E-state index is 13.7. The third kappa shape index (κ3) is 2.68. The Labute approximate surface area is 172 Å². The fraction of sp³-hybridized carbons (Fsp3) is 0.167. The number of fused-ring (bicyclic) bond motifs is 1. The Kier molecular flexibility index (Phi) is 4.10. The van der Waals surface area contributed by atoms with Gasteiger partial charge in [0, 0.05) is 35.8 Å². The minimum Gasteiger partial charge on any atom is -0.366 e. The van der Waals surface area contributed by atoms with Crippen LogP contribution in [0.1, 0.15) is 28.8 Å². The lowest BCUT2D eigenvalue weighted by atomic mass is 9.94. The standard InChI is InChI=1S/C24H20FN3O2/c1-13-16(17-7-8-19(23(26)29)22-18(17)9-10-27-22)3-2-4-21(13)28-12-14-5-6-15(25)11-20(14)24(28)30/h2-4,7-11,27H,5-6,12H2,1H3,(H2,26,29). The van der Waals surface area contributed by atoms with Crippen LogP contribution in [0.3, 0.4) is 0 Å². The van der Waals surface area contributed by atoms with Gasteiger partial charge in [-0.25, -0.2) is 4.39 Å². The van der Waals surface area contributed by atoms with Gasteiger partial charge in [0.05, 0.1) is 11.1 Å². The smallest absolute Gasteiger partial charge is 0.258 e. The van der Waals surface area contributed by atoms with Crippen molar-refractivity contribution in [2.24, 2.45) is 5.73 Å². The molecule has 1 aliphatic carbocycles. The number of rotatable bonds is 3. The van der Waals surface area contributed by atoms with Crippen molar-refractivity contribution in [2.45, 2.75) is 19.8 Å². The van der Waals surface area contributed by atoms with Gasteiger partial charge in [-0.05, 0) is 59.9 Å². The van der Waals surface area contributed by atoms with Crippen molar-refractivity contribution in [3.63, 3.8) is 0 Å². The molecule has 2 aliphatic rings. The molecule has 0 unspecified atom stereocenters. The van der Waals surface area contributed by atoms with Gasteiger partial charge in [-0.3, -0.25) is 9.59 Å². The van der Waals surface area contributed by atoms with E-state index in [-0.39, 0.29) is 11.7 Å². The third-order valence-corrected chi connectivity index (χ3v) is 6.05. The van der Waals surface area contributed by atoms with E-state index < -0.39 is 5.91 Å². The van der Waals surface area contributed by atoms with Gasteiger partial charge in [0.25, 0.3) is 11.8 Å². The monoisotopic (exact) mass is 401 g/mol. The third-order valence-electron chi connectivity index (χ3n) is 6.05. The molecule has 1 aromatic heterocycles. The van der Waals surface area contributed by atoms with E-state index in [4.69, 9.17) is 5.73 Å². The summed E-state index contributed by atoms with van der Waals surface area (Å²) >= 11 is 0. The van der Waals surface area contributed by atoms with Gasteiger partial charge in [-0.15, -0.1) is 0 Å².